The highest BCUT2D eigenvalue weighted by atomic mass is 35.5. The Hall–Kier alpha value is -2.94. The van der Waals surface area contributed by atoms with Crippen molar-refractivity contribution in [2.75, 3.05) is 11.1 Å². The normalized spacial score (nSPS) is 10.8. The molecular formula is C24H22ClN5OS2. The molecule has 33 heavy (non-hydrogen) atoms. The van der Waals surface area contributed by atoms with Gasteiger partial charge < -0.3 is 9.88 Å². The molecule has 2 aromatic heterocycles. The first-order valence-electron chi connectivity index (χ1n) is 10.3. The fourth-order valence-electron chi connectivity index (χ4n) is 3.21. The van der Waals surface area contributed by atoms with Gasteiger partial charge in [0.25, 0.3) is 0 Å². The number of hydrogen-bond donors (Lipinski definition) is 1. The highest BCUT2D eigenvalue weighted by Crippen LogP contribution is 2.25. The molecule has 0 saturated heterocycles. The lowest BCUT2D eigenvalue weighted by Crippen LogP contribution is -2.14. The van der Waals surface area contributed by atoms with Crippen molar-refractivity contribution >= 4 is 45.7 Å². The number of anilines is 1. The number of nitrogens with zero attached hydrogens (tertiary/aromatic N) is 4. The summed E-state index contributed by atoms with van der Waals surface area (Å²) in [5.74, 6) is 0.907. The van der Waals surface area contributed by atoms with Crippen LogP contribution in [0, 0.1) is 0 Å². The third kappa shape index (κ3) is 6.31. The molecule has 0 aliphatic rings. The van der Waals surface area contributed by atoms with Gasteiger partial charge in [0.05, 0.1) is 5.75 Å². The number of aromatic nitrogens is 4. The van der Waals surface area contributed by atoms with E-state index in [0.717, 1.165) is 26.9 Å². The van der Waals surface area contributed by atoms with Crippen LogP contribution in [0.5, 0.6) is 0 Å². The average molecular weight is 496 g/mol. The van der Waals surface area contributed by atoms with Crippen LogP contribution in [0.1, 0.15) is 21.8 Å². The number of carbonyl (C=O) groups is 1. The molecule has 0 atom stereocenters. The monoisotopic (exact) mass is 495 g/mol. The zero-order chi connectivity index (χ0) is 23.0. The third-order valence-electron chi connectivity index (χ3n) is 4.76. The Morgan fingerprint density at radius 3 is 2.70 bits per heavy atom. The fourth-order valence-corrected chi connectivity index (χ4v) is 5.03. The Labute approximate surface area is 205 Å². The van der Waals surface area contributed by atoms with Crippen molar-refractivity contribution in [1.29, 1.82) is 0 Å². The van der Waals surface area contributed by atoms with Gasteiger partial charge in [-0.05, 0) is 17.2 Å². The molecule has 4 rings (SSSR count). The Morgan fingerprint density at radius 1 is 1.12 bits per heavy atom. The number of thiazole rings is 1. The van der Waals surface area contributed by atoms with Gasteiger partial charge in [0, 0.05) is 35.5 Å². The molecule has 0 aliphatic carbocycles. The van der Waals surface area contributed by atoms with Crippen LogP contribution < -0.4 is 5.32 Å². The molecule has 4 aromatic rings. The topological polar surface area (TPSA) is 72.7 Å². The highest BCUT2D eigenvalue weighted by molar-refractivity contribution is 7.99. The van der Waals surface area contributed by atoms with E-state index < -0.39 is 0 Å². The average Bonchev–Trinajstić information content (AvgIpc) is 3.42. The van der Waals surface area contributed by atoms with Gasteiger partial charge in [0.15, 0.2) is 10.3 Å². The third-order valence-corrected chi connectivity index (χ3v) is 7.01. The van der Waals surface area contributed by atoms with Crippen LogP contribution in [0.4, 0.5) is 5.13 Å². The number of allylic oxidation sites excluding steroid dienone is 1. The number of carbonyl (C=O) groups excluding carboxylic acids is 1. The SMILES string of the molecule is C=CCn1c(Cc2ccccc2)nnc1SCC(=O)Nc1ncc(Cc2ccccc2Cl)s1. The Morgan fingerprint density at radius 2 is 1.91 bits per heavy atom. The first-order valence-corrected chi connectivity index (χ1v) is 12.5. The first kappa shape index (κ1) is 23.2. The number of amides is 1. The highest BCUT2D eigenvalue weighted by Gasteiger charge is 2.15. The maximum absolute atomic E-state index is 12.5. The van der Waals surface area contributed by atoms with Crippen LogP contribution in [0.15, 0.2) is 78.6 Å². The number of nitrogens with one attached hydrogen (secondary N) is 1. The van der Waals surface area contributed by atoms with Gasteiger partial charge in [0.1, 0.15) is 5.82 Å². The minimum absolute atomic E-state index is 0.142. The summed E-state index contributed by atoms with van der Waals surface area (Å²) in [6.07, 6.45) is 4.92. The summed E-state index contributed by atoms with van der Waals surface area (Å²) in [4.78, 5) is 17.9. The zero-order valence-electron chi connectivity index (χ0n) is 17.8. The van der Waals surface area contributed by atoms with Crippen LogP contribution in [0.25, 0.3) is 0 Å². The van der Waals surface area contributed by atoms with E-state index in [1.165, 1.54) is 23.1 Å². The molecule has 0 unspecified atom stereocenters. The lowest BCUT2D eigenvalue weighted by atomic mass is 10.1. The molecule has 0 fully saturated rings. The van der Waals surface area contributed by atoms with Gasteiger partial charge in [0.2, 0.25) is 5.91 Å². The van der Waals surface area contributed by atoms with Crippen molar-refractivity contribution < 1.29 is 4.79 Å². The predicted octanol–water partition coefficient (Wildman–Crippen LogP) is 5.49. The van der Waals surface area contributed by atoms with Gasteiger partial charge in [-0.1, -0.05) is 78.0 Å². The van der Waals surface area contributed by atoms with Crippen molar-refractivity contribution in [3.63, 3.8) is 0 Å². The second-order valence-electron chi connectivity index (χ2n) is 7.20. The number of rotatable bonds is 10. The van der Waals surface area contributed by atoms with E-state index in [-0.39, 0.29) is 11.7 Å². The van der Waals surface area contributed by atoms with E-state index in [4.69, 9.17) is 11.6 Å². The van der Waals surface area contributed by atoms with Gasteiger partial charge in [-0.3, -0.25) is 4.79 Å². The summed E-state index contributed by atoms with van der Waals surface area (Å²) in [5.41, 5.74) is 2.19. The summed E-state index contributed by atoms with van der Waals surface area (Å²) < 4.78 is 1.99. The molecule has 1 N–H and O–H groups in total. The minimum atomic E-state index is -0.142. The van der Waals surface area contributed by atoms with E-state index in [2.05, 4.69) is 39.2 Å². The Kier molecular flexibility index (Phi) is 7.93. The van der Waals surface area contributed by atoms with E-state index in [9.17, 15) is 4.79 Å². The van der Waals surface area contributed by atoms with E-state index in [0.29, 0.717) is 29.7 Å². The van der Waals surface area contributed by atoms with Gasteiger partial charge in [-0.25, -0.2) is 4.98 Å². The van der Waals surface area contributed by atoms with Gasteiger partial charge in [-0.2, -0.15) is 0 Å². The summed E-state index contributed by atoms with van der Waals surface area (Å²) in [6.45, 7) is 4.41. The van der Waals surface area contributed by atoms with Crippen LogP contribution in [0.2, 0.25) is 5.02 Å². The number of hydrogen-bond acceptors (Lipinski definition) is 6. The van der Waals surface area contributed by atoms with Crippen LogP contribution in [-0.4, -0.2) is 31.4 Å². The van der Waals surface area contributed by atoms with Crippen molar-refractivity contribution in [1.82, 2.24) is 19.7 Å². The first-order chi connectivity index (χ1) is 16.1. The quantitative estimate of drug-likeness (QED) is 0.233. The number of halogens is 1. The molecule has 0 spiro atoms. The molecule has 0 radical (unpaired) electrons. The second kappa shape index (κ2) is 11.3. The molecular weight excluding hydrogens is 474 g/mol. The van der Waals surface area contributed by atoms with Crippen LogP contribution in [0.3, 0.4) is 0 Å². The molecule has 2 aromatic carbocycles. The lowest BCUT2D eigenvalue weighted by molar-refractivity contribution is -0.113. The van der Waals surface area contributed by atoms with Crippen molar-refractivity contribution in [2.24, 2.45) is 0 Å². The number of thioether (sulfide) groups is 1. The summed E-state index contributed by atoms with van der Waals surface area (Å²) in [7, 11) is 0. The predicted molar refractivity (Wildman–Crippen MR) is 135 cm³/mol. The summed E-state index contributed by atoms with van der Waals surface area (Å²) >= 11 is 9.03. The Balaban J connectivity index is 1.35. The molecule has 1 amide bonds. The number of benzene rings is 2. The summed E-state index contributed by atoms with van der Waals surface area (Å²) in [5, 5.41) is 13.5. The molecule has 0 aliphatic heterocycles. The molecule has 6 nitrogen and oxygen atoms in total. The maximum Gasteiger partial charge on any atom is 0.236 e. The molecule has 2 heterocycles. The van der Waals surface area contributed by atoms with E-state index in [1.807, 2.05) is 47.0 Å². The molecule has 168 valence electrons. The fraction of sp³-hybridized carbons (Fsp3) is 0.167. The minimum Gasteiger partial charge on any atom is -0.302 e. The molecule has 0 bridgehead atoms. The molecule has 0 saturated carbocycles. The van der Waals surface area contributed by atoms with E-state index in [1.54, 1.807) is 12.3 Å². The van der Waals surface area contributed by atoms with Crippen LogP contribution >= 0.6 is 34.7 Å². The zero-order valence-corrected chi connectivity index (χ0v) is 20.2. The van der Waals surface area contributed by atoms with Crippen LogP contribution in [-0.2, 0) is 24.2 Å². The lowest BCUT2D eigenvalue weighted by Gasteiger charge is -2.07. The van der Waals surface area contributed by atoms with Gasteiger partial charge in [-0.15, -0.1) is 28.1 Å². The van der Waals surface area contributed by atoms with Crippen molar-refractivity contribution in [3.8, 4) is 0 Å². The van der Waals surface area contributed by atoms with Gasteiger partial charge >= 0.3 is 0 Å². The smallest absolute Gasteiger partial charge is 0.236 e. The van der Waals surface area contributed by atoms with Crippen molar-refractivity contribution in [2.45, 2.75) is 24.5 Å². The summed E-state index contributed by atoms with van der Waals surface area (Å²) in [6, 6.07) is 17.8. The Bertz CT molecular complexity index is 1240. The molecule has 9 heteroatoms. The maximum atomic E-state index is 12.5. The standard InChI is InChI=1S/C24H22ClN5OS2/c1-2-12-30-21(13-17-8-4-3-5-9-17)28-29-24(30)32-16-22(31)27-23-26-15-19(33-23)14-18-10-6-7-11-20(18)25/h2-11,15H,1,12-14,16H2,(H,26,27,31). The van der Waals surface area contributed by atoms with Crippen molar-refractivity contribution in [3.05, 3.63) is 100 Å². The second-order valence-corrected chi connectivity index (χ2v) is 9.66. The van der Waals surface area contributed by atoms with E-state index >= 15 is 0 Å². The largest absolute Gasteiger partial charge is 0.302 e.